The van der Waals surface area contributed by atoms with Crippen molar-refractivity contribution >= 4 is 56.6 Å². The summed E-state index contributed by atoms with van der Waals surface area (Å²) >= 11 is 0. The number of aryl methyl sites for hydroxylation is 1. The number of benzene rings is 10. The minimum atomic E-state index is -0.306. The van der Waals surface area contributed by atoms with Crippen molar-refractivity contribution in [2.75, 3.05) is 4.90 Å². The first-order valence-electron chi connectivity index (χ1n) is 30.4. The van der Waals surface area contributed by atoms with Gasteiger partial charge in [-0.2, -0.15) is 0 Å². The van der Waals surface area contributed by atoms with Crippen molar-refractivity contribution < 1.29 is 0 Å². The monoisotopic (exact) mass is 1090 g/mol. The van der Waals surface area contributed by atoms with Crippen molar-refractivity contribution in [3.05, 3.63) is 307 Å². The minimum absolute atomic E-state index is 0.228. The summed E-state index contributed by atoms with van der Waals surface area (Å²) in [5.74, 6) is 0.528. The number of hydrogen-bond acceptors (Lipinski definition) is 1. The number of aromatic nitrogens is 1. The van der Waals surface area contributed by atoms with Crippen LogP contribution in [0.15, 0.2) is 268 Å². The van der Waals surface area contributed by atoms with Crippen LogP contribution < -0.4 is 4.90 Å². The van der Waals surface area contributed by atoms with Gasteiger partial charge in [0.1, 0.15) is 0 Å². The van der Waals surface area contributed by atoms with E-state index in [0.29, 0.717) is 5.92 Å². The van der Waals surface area contributed by atoms with E-state index in [1.165, 1.54) is 120 Å². The summed E-state index contributed by atoms with van der Waals surface area (Å²) in [5.41, 5.74) is 24.7. The van der Waals surface area contributed by atoms with Crippen molar-refractivity contribution in [1.29, 1.82) is 0 Å². The Morgan fingerprint density at radius 2 is 1.01 bits per heavy atom. The average Bonchev–Trinajstić information content (AvgIpc) is 2.11. The van der Waals surface area contributed by atoms with Crippen molar-refractivity contribution in [1.82, 2.24) is 4.57 Å². The zero-order valence-electron chi connectivity index (χ0n) is 48.9. The van der Waals surface area contributed by atoms with E-state index in [1.54, 1.807) is 0 Å². The van der Waals surface area contributed by atoms with Crippen LogP contribution in [-0.2, 0) is 11.8 Å². The molecule has 412 valence electrons. The molecule has 10 aromatic carbocycles. The Bertz CT molecular complexity index is 4220. The lowest BCUT2D eigenvalue weighted by Crippen LogP contribution is -2.27. The summed E-state index contributed by atoms with van der Waals surface area (Å²) in [7, 11) is 0. The molecular weight excluding hydrogens is 1010 g/mol. The molecule has 0 bridgehead atoms. The molecule has 2 unspecified atom stereocenters. The molecule has 2 heteroatoms. The van der Waals surface area contributed by atoms with Crippen molar-refractivity contribution in [2.24, 2.45) is 11.3 Å². The van der Waals surface area contributed by atoms with Gasteiger partial charge in [-0.1, -0.05) is 254 Å². The van der Waals surface area contributed by atoms with Crippen LogP contribution in [0.4, 0.5) is 17.1 Å². The van der Waals surface area contributed by atoms with Gasteiger partial charge in [0, 0.05) is 38.9 Å². The first kappa shape index (κ1) is 54.0. The van der Waals surface area contributed by atoms with Crippen LogP contribution in [0.3, 0.4) is 0 Å². The van der Waals surface area contributed by atoms with Gasteiger partial charge < -0.3 is 9.47 Å². The van der Waals surface area contributed by atoms with E-state index in [0.717, 1.165) is 54.0 Å². The third-order valence-corrected chi connectivity index (χ3v) is 18.3. The third kappa shape index (κ3) is 10.4. The average molecular weight is 1090 g/mol. The fraction of sp³-hybridized carbons (Fsp3) is 0.171. The molecule has 1 heterocycles. The van der Waals surface area contributed by atoms with Crippen molar-refractivity contribution in [2.45, 2.75) is 77.6 Å². The third-order valence-electron chi connectivity index (χ3n) is 18.3. The van der Waals surface area contributed by atoms with Crippen LogP contribution in [-0.4, -0.2) is 4.57 Å². The highest BCUT2D eigenvalue weighted by molar-refractivity contribution is 6.11. The highest BCUT2D eigenvalue weighted by atomic mass is 15.1. The number of hydrogen-bond donors (Lipinski definition) is 0. The smallest absolute Gasteiger partial charge is 0.0541 e. The number of fused-ring (bicyclic) bond motifs is 6. The van der Waals surface area contributed by atoms with Crippen LogP contribution in [0.25, 0.3) is 78.6 Å². The molecule has 0 aliphatic heterocycles. The largest absolute Gasteiger partial charge is 0.310 e. The maximum atomic E-state index is 3.99. The highest BCUT2D eigenvalue weighted by Gasteiger charge is 2.44. The SMILES string of the molecule is C=Cc1ccc(CCCCCCCC2(c3ccccc3)c3ccccc3-c3ccc(N(c4ccc(C5=CCC(C(C)(C)C)C=C5)cc4)c4ccc(-c5ccc6c(c5)c5cc(-c7ccc(C=C)cc7)ccc5n6-c5ccccc5)cc4)cc32)cc1. The Morgan fingerprint density at radius 1 is 0.488 bits per heavy atom. The van der Waals surface area contributed by atoms with E-state index in [2.05, 4.69) is 298 Å². The molecule has 0 saturated carbocycles. The number of allylic oxidation sites excluding steroid dienone is 4. The second kappa shape index (κ2) is 23.2. The number of rotatable bonds is 18. The molecule has 11 aromatic rings. The first-order valence-corrected chi connectivity index (χ1v) is 30.4. The van der Waals surface area contributed by atoms with Gasteiger partial charge in [0.25, 0.3) is 0 Å². The first-order chi connectivity index (χ1) is 41.2. The summed E-state index contributed by atoms with van der Waals surface area (Å²) in [6.07, 6.45) is 20.2. The van der Waals surface area contributed by atoms with E-state index >= 15 is 0 Å². The Hall–Kier alpha value is -9.24. The van der Waals surface area contributed by atoms with E-state index < -0.39 is 0 Å². The minimum Gasteiger partial charge on any atom is -0.310 e. The molecule has 0 saturated heterocycles. The van der Waals surface area contributed by atoms with E-state index in [9.17, 15) is 0 Å². The molecular formula is C82H74N2. The molecule has 0 N–H and O–H groups in total. The normalized spacial score (nSPS) is 15.4. The van der Waals surface area contributed by atoms with Gasteiger partial charge in [0.2, 0.25) is 0 Å². The van der Waals surface area contributed by atoms with Crippen LogP contribution in [0.5, 0.6) is 0 Å². The van der Waals surface area contributed by atoms with Gasteiger partial charge in [-0.05, 0) is 188 Å². The highest BCUT2D eigenvalue weighted by Crippen LogP contribution is 2.56. The molecule has 13 rings (SSSR count). The Morgan fingerprint density at radius 3 is 1.62 bits per heavy atom. The Kier molecular flexibility index (Phi) is 14.9. The lowest BCUT2D eigenvalue weighted by Gasteiger charge is -2.34. The molecule has 0 radical (unpaired) electrons. The summed E-state index contributed by atoms with van der Waals surface area (Å²) in [5, 5.41) is 2.46. The lowest BCUT2D eigenvalue weighted by atomic mass is 9.69. The van der Waals surface area contributed by atoms with Gasteiger partial charge in [0.05, 0.1) is 11.0 Å². The lowest BCUT2D eigenvalue weighted by molar-refractivity contribution is 0.294. The second-order valence-corrected chi connectivity index (χ2v) is 24.4. The summed E-state index contributed by atoms with van der Waals surface area (Å²) < 4.78 is 2.41. The summed E-state index contributed by atoms with van der Waals surface area (Å²) in [6, 6.07) is 88.8. The molecule has 0 fully saturated rings. The van der Waals surface area contributed by atoms with Crippen LogP contribution in [0.1, 0.15) is 105 Å². The van der Waals surface area contributed by atoms with Crippen LogP contribution in [0.2, 0.25) is 0 Å². The number of para-hydroxylation sites is 1. The van der Waals surface area contributed by atoms with Gasteiger partial charge in [-0.25, -0.2) is 0 Å². The molecule has 2 nitrogen and oxygen atoms in total. The zero-order valence-corrected chi connectivity index (χ0v) is 48.9. The number of unbranched alkanes of at least 4 members (excludes halogenated alkanes) is 4. The molecule has 0 spiro atoms. The van der Waals surface area contributed by atoms with Gasteiger partial charge >= 0.3 is 0 Å². The predicted molar refractivity (Wildman–Crippen MR) is 361 cm³/mol. The second-order valence-electron chi connectivity index (χ2n) is 24.4. The number of anilines is 3. The fourth-order valence-electron chi connectivity index (χ4n) is 13.6. The molecule has 2 atom stereocenters. The van der Waals surface area contributed by atoms with Crippen LogP contribution >= 0.6 is 0 Å². The van der Waals surface area contributed by atoms with E-state index in [1.807, 2.05) is 12.2 Å². The molecule has 0 amide bonds. The Labute approximate surface area is 498 Å². The maximum absolute atomic E-state index is 3.99. The van der Waals surface area contributed by atoms with Crippen molar-refractivity contribution in [3.63, 3.8) is 0 Å². The number of nitrogens with zero attached hydrogens (tertiary/aromatic N) is 2. The fourth-order valence-corrected chi connectivity index (χ4v) is 13.6. The standard InChI is InChI=1S/C82H74N2/c1-6-58-28-30-60(31-29-58)21-13-9-8-10-20-54-82(68-22-14-11-15-23-68)77-27-19-18-26-73(77)74-51-50-72(57-78(74)82)83(70-46-38-62(39-47-70)61-36-44-67(45-37-61)81(3,4)5)71-48-40-64(41-49-71)66-43-53-80-76(56-66)75-55-65(63-34-32-59(7-2)33-35-63)42-52-79(75)84(80)69-24-16-12-17-25-69/h6-7,11-12,14-19,22-44,46-53,55-57,67H,1-2,8-10,13,20-21,45,54H2,3-5H3. The van der Waals surface area contributed by atoms with Gasteiger partial charge in [-0.15, -0.1) is 0 Å². The van der Waals surface area contributed by atoms with Gasteiger partial charge in [0.15, 0.2) is 0 Å². The van der Waals surface area contributed by atoms with E-state index in [4.69, 9.17) is 0 Å². The summed E-state index contributed by atoms with van der Waals surface area (Å²) in [4.78, 5) is 2.48. The Balaban J connectivity index is 0.874. The molecule has 2 aliphatic rings. The molecule has 1 aromatic heterocycles. The zero-order chi connectivity index (χ0) is 57.2. The maximum Gasteiger partial charge on any atom is 0.0541 e. The topological polar surface area (TPSA) is 8.17 Å². The van der Waals surface area contributed by atoms with Crippen LogP contribution in [0, 0.1) is 11.3 Å². The van der Waals surface area contributed by atoms with Gasteiger partial charge in [-0.3, -0.25) is 0 Å². The quantitative estimate of drug-likeness (QED) is 0.0778. The molecule has 2 aliphatic carbocycles. The molecule has 84 heavy (non-hydrogen) atoms. The van der Waals surface area contributed by atoms with Crippen molar-refractivity contribution in [3.8, 4) is 39.1 Å². The van der Waals surface area contributed by atoms with E-state index in [-0.39, 0.29) is 10.8 Å². The predicted octanol–water partition coefficient (Wildman–Crippen LogP) is 22.8. The summed E-state index contributed by atoms with van der Waals surface area (Å²) in [6.45, 7) is 15.0.